The Balaban J connectivity index is 2.26. The molecule has 5 heteroatoms. The lowest BCUT2D eigenvalue weighted by Gasteiger charge is -2.28. The van der Waals surface area contributed by atoms with Gasteiger partial charge in [-0.1, -0.05) is 25.0 Å². The summed E-state index contributed by atoms with van der Waals surface area (Å²) in [6.07, 6.45) is 5.49. The third-order valence-corrected chi connectivity index (χ3v) is 6.86. The molecule has 1 aromatic rings. The Morgan fingerprint density at radius 1 is 0.783 bits per heavy atom. The number of unbranched alkanes of at least 4 members (excludes halogenated alkanes) is 3. The van der Waals surface area contributed by atoms with Crippen LogP contribution in [-0.4, -0.2) is 28.6 Å². The zero-order chi connectivity index (χ0) is 17.0. The Kier molecular flexibility index (Phi) is 10.4. The molecule has 0 atom stereocenters. The number of benzene rings is 1. The van der Waals surface area contributed by atoms with Crippen LogP contribution in [0.3, 0.4) is 0 Å². The van der Waals surface area contributed by atoms with E-state index in [0.717, 1.165) is 38.1 Å². The maximum absolute atomic E-state index is 12.8. The largest absolute Gasteiger partial charge is 0.500 e. The summed E-state index contributed by atoms with van der Waals surface area (Å²) >= 11 is 0. The first-order chi connectivity index (χ1) is 11.2. The number of hydrogen-bond donors (Lipinski definition) is 0. The van der Waals surface area contributed by atoms with Crippen molar-refractivity contribution < 1.29 is 17.7 Å². The number of halogens is 1. The molecule has 1 rings (SSSR count). The first-order valence-electron chi connectivity index (χ1n) is 8.82. The topological polar surface area (TPSA) is 27.7 Å². The van der Waals surface area contributed by atoms with E-state index < -0.39 is 8.80 Å². The van der Waals surface area contributed by atoms with Crippen molar-refractivity contribution in [1.82, 2.24) is 0 Å². The fraction of sp³-hybridized carbons (Fsp3) is 0.667. The SMILES string of the molecule is CCO[Si](CCCCCCc1ccc(F)cc1)(OCC)OCC. The second-order valence-corrected chi connectivity index (χ2v) is 8.25. The average molecular weight is 343 g/mol. The van der Waals surface area contributed by atoms with Gasteiger partial charge in [-0.3, -0.25) is 0 Å². The van der Waals surface area contributed by atoms with Crippen LogP contribution in [0.25, 0.3) is 0 Å². The van der Waals surface area contributed by atoms with Gasteiger partial charge in [0.15, 0.2) is 0 Å². The summed E-state index contributed by atoms with van der Waals surface area (Å²) in [7, 11) is -2.47. The van der Waals surface area contributed by atoms with Crippen molar-refractivity contribution >= 4 is 8.80 Å². The maximum atomic E-state index is 12.8. The van der Waals surface area contributed by atoms with E-state index in [-0.39, 0.29) is 5.82 Å². The fourth-order valence-electron chi connectivity index (χ4n) is 2.68. The van der Waals surface area contributed by atoms with E-state index in [2.05, 4.69) is 0 Å². The molecule has 0 saturated carbocycles. The molecule has 0 heterocycles. The highest BCUT2D eigenvalue weighted by Gasteiger charge is 2.39. The first kappa shape index (κ1) is 20.3. The van der Waals surface area contributed by atoms with Gasteiger partial charge in [-0.15, -0.1) is 0 Å². The van der Waals surface area contributed by atoms with Gasteiger partial charge in [-0.2, -0.15) is 0 Å². The summed E-state index contributed by atoms with van der Waals surface area (Å²) in [6, 6.07) is 7.68. The summed E-state index contributed by atoms with van der Waals surface area (Å²) in [5.41, 5.74) is 1.20. The molecule has 0 amide bonds. The Labute approximate surface area is 141 Å². The molecule has 0 saturated heterocycles. The minimum atomic E-state index is -2.47. The predicted octanol–water partition coefficient (Wildman–Crippen LogP) is 4.98. The molecular formula is C18H31FO3Si. The highest BCUT2D eigenvalue weighted by molar-refractivity contribution is 6.60. The molecule has 0 spiro atoms. The van der Waals surface area contributed by atoms with Crippen LogP contribution in [0.2, 0.25) is 6.04 Å². The van der Waals surface area contributed by atoms with Crippen molar-refractivity contribution in [2.75, 3.05) is 19.8 Å². The van der Waals surface area contributed by atoms with Crippen molar-refractivity contribution in [3.05, 3.63) is 35.6 Å². The summed E-state index contributed by atoms with van der Waals surface area (Å²) < 4.78 is 30.4. The lowest BCUT2D eigenvalue weighted by atomic mass is 10.1. The molecule has 23 heavy (non-hydrogen) atoms. The monoisotopic (exact) mass is 342 g/mol. The molecule has 0 radical (unpaired) electrons. The van der Waals surface area contributed by atoms with E-state index in [0.29, 0.717) is 19.8 Å². The van der Waals surface area contributed by atoms with Crippen LogP contribution in [0.1, 0.15) is 52.0 Å². The Morgan fingerprint density at radius 2 is 1.30 bits per heavy atom. The third kappa shape index (κ3) is 8.06. The fourth-order valence-corrected chi connectivity index (χ4v) is 5.36. The molecule has 132 valence electrons. The van der Waals surface area contributed by atoms with Gasteiger partial charge in [0, 0.05) is 25.9 Å². The van der Waals surface area contributed by atoms with Crippen LogP contribution >= 0.6 is 0 Å². The van der Waals surface area contributed by atoms with Gasteiger partial charge in [-0.05, 0) is 57.7 Å². The minimum absolute atomic E-state index is 0.169. The standard InChI is InChI=1S/C18H31FO3Si/c1-4-20-23(21-5-2,22-6-3)16-10-8-7-9-11-17-12-14-18(19)15-13-17/h12-15H,4-11,16H2,1-3H3. The Morgan fingerprint density at radius 3 is 1.83 bits per heavy atom. The van der Waals surface area contributed by atoms with Gasteiger partial charge in [0.2, 0.25) is 0 Å². The van der Waals surface area contributed by atoms with Gasteiger partial charge in [-0.25, -0.2) is 4.39 Å². The van der Waals surface area contributed by atoms with E-state index in [1.54, 1.807) is 0 Å². The van der Waals surface area contributed by atoms with E-state index in [9.17, 15) is 4.39 Å². The Bertz CT molecular complexity index is 394. The minimum Gasteiger partial charge on any atom is -0.374 e. The van der Waals surface area contributed by atoms with Gasteiger partial charge in [0.05, 0.1) is 0 Å². The average Bonchev–Trinajstić information content (AvgIpc) is 2.53. The van der Waals surface area contributed by atoms with Crippen molar-refractivity contribution in [2.24, 2.45) is 0 Å². The second-order valence-electron chi connectivity index (χ2n) is 5.52. The first-order valence-corrected chi connectivity index (χ1v) is 10.7. The quantitative estimate of drug-likeness (QED) is 0.374. The van der Waals surface area contributed by atoms with Crippen LogP contribution in [-0.2, 0) is 19.7 Å². The van der Waals surface area contributed by atoms with E-state index in [1.807, 2.05) is 32.9 Å². The molecule has 0 bridgehead atoms. The lowest BCUT2D eigenvalue weighted by Crippen LogP contribution is -2.45. The summed E-state index contributed by atoms with van der Waals surface area (Å²) in [5, 5.41) is 0. The number of hydrogen-bond acceptors (Lipinski definition) is 3. The molecule has 0 fully saturated rings. The zero-order valence-electron chi connectivity index (χ0n) is 14.8. The van der Waals surface area contributed by atoms with Crippen LogP contribution in [0.15, 0.2) is 24.3 Å². The molecule has 0 aliphatic rings. The van der Waals surface area contributed by atoms with Crippen molar-refractivity contribution in [3.8, 4) is 0 Å². The maximum Gasteiger partial charge on any atom is 0.500 e. The molecule has 1 aromatic carbocycles. The van der Waals surface area contributed by atoms with E-state index in [1.165, 1.54) is 17.7 Å². The van der Waals surface area contributed by atoms with Crippen LogP contribution in [0.5, 0.6) is 0 Å². The predicted molar refractivity (Wildman–Crippen MR) is 94.0 cm³/mol. The third-order valence-electron chi connectivity index (χ3n) is 3.70. The highest BCUT2D eigenvalue weighted by atomic mass is 28.4. The van der Waals surface area contributed by atoms with Gasteiger partial charge in [0.1, 0.15) is 5.82 Å². The molecule has 0 aliphatic heterocycles. The summed E-state index contributed by atoms with van der Waals surface area (Å²) in [5.74, 6) is -0.169. The Hall–Kier alpha value is -0.753. The lowest BCUT2D eigenvalue weighted by molar-refractivity contribution is 0.0706. The molecule has 3 nitrogen and oxygen atoms in total. The van der Waals surface area contributed by atoms with Crippen molar-refractivity contribution in [3.63, 3.8) is 0 Å². The summed E-state index contributed by atoms with van der Waals surface area (Å²) in [4.78, 5) is 0. The van der Waals surface area contributed by atoms with Gasteiger partial charge >= 0.3 is 8.80 Å². The van der Waals surface area contributed by atoms with Crippen LogP contribution in [0.4, 0.5) is 4.39 Å². The second kappa shape index (κ2) is 11.7. The van der Waals surface area contributed by atoms with Crippen LogP contribution < -0.4 is 0 Å². The van der Waals surface area contributed by atoms with Crippen LogP contribution in [0, 0.1) is 5.82 Å². The smallest absolute Gasteiger partial charge is 0.374 e. The highest BCUT2D eigenvalue weighted by Crippen LogP contribution is 2.20. The van der Waals surface area contributed by atoms with E-state index in [4.69, 9.17) is 13.3 Å². The van der Waals surface area contributed by atoms with Crippen molar-refractivity contribution in [2.45, 2.75) is 58.9 Å². The normalized spacial score (nSPS) is 11.8. The molecule has 0 unspecified atom stereocenters. The number of rotatable bonds is 13. The molecule has 0 aliphatic carbocycles. The van der Waals surface area contributed by atoms with Crippen molar-refractivity contribution in [1.29, 1.82) is 0 Å². The summed E-state index contributed by atoms with van der Waals surface area (Å²) in [6.45, 7) is 7.87. The molecule has 0 aromatic heterocycles. The van der Waals surface area contributed by atoms with E-state index >= 15 is 0 Å². The molecular weight excluding hydrogens is 311 g/mol. The zero-order valence-corrected chi connectivity index (χ0v) is 15.8. The van der Waals surface area contributed by atoms with Gasteiger partial charge < -0.3 is 13.3 Å². The van der Waals surface area contributed by atoms with Gasteiger partial charge in [0.25, 0.3) is 0 Å². The molecule has 0 N–H and O–H groups in total. The number of aryl methyl sites for hydroxylation is 1.